The lowest BCUT2D eigenvalue weighted by atomic mass is 10.3. The van der Waals surface area contributed by atoms with Crippen LogP contribution in [0.5, 0.6) is 0 Å². The largest absolute Gasteiger partial charge is 0.384 e. The number of hydrogen-bond donors (Lipinski definition) is 6. The van der Waals surface area contributed by atoms with Crippen molar-refractivity contribution in [2.24, 2.45) is 10.7 Å². The fraction of sp³-hybridized carbons (Fsp3) is 0.442. The van der Waals surface area contributed by atoms with E-state index in [1.807, 2.05) is 85.1 Å². The minimum atomic E-state index is -0.347. The Hall–Kier alpha value is -8.77. The van der Waals surface area contributed by atoms with Gasteiger partial charge in [-0.15, -0.1) is 0 Å². The summed E-state index contributed by atoms with van der Waals surface area (Å²) in [6, 6.07) is 1.71. The van der Waals surface area contributed by atoms with Crippen molar-refractivity contribution in [3.05, 3.63) is 129 Å². The van der Waals surface area contributed by atoms with Crippen molar-refractivity contribution in [3.63, 3.8) is 0 Å². The zero-order valence-electron chi connectivity index (χ0n) is 46.6. The molecule has 1 amide bonds. The molecule has 0 aromatic carbocycles. The molecule has 0 unspecified atom stereocenters. The van der Waals surface area contributed by atoms with Crippen LogP contribution in [0, 0.1) is 27.7 Å². The number of hydrogen-bond acceptors (Lipinski definition) is 18. The number of imidazole rings is 3. The zero-order chi connectivity index (χ0) is 57.0. The van der Waals surface area contributed by atoms with E-state index in [4.69, 9.17) is 17.2 Å². The number of nitrogens with one attached hydrogen (secondary N) is 3. The normalized spacial score (nSPS) is 12.9. The Morgan fingerprint density at radius 2 is 0.948 bits per heavy atom. The van der Waals surface area contributed by atoms with E-state index in [0.29, 0.717) is 98.5 Å². The van der Waals surface area contributed by atoms with E-state index >= 15 is 0 Å². The molecule has 0 radical (unpaired) electrons. The maximum atomic E-state index is 11.5. The van der Waals surface area contributed by atoms with E-state index in [1.165, 1.54) is 10.6 Å². The van der Waals surface area contributed by atoms with Gasteiger partial charge in [-0.05, 0) is 117 Å². The second kappa shape index (κ2) is 27.1. The summed E-state index contributed by atoms with van der Waals surface area (Å²) < 4.78 is 7.36. The number of anilines is 2. The van der Waals surface area contributed by atoms with Gasteiger partial charge in [-0.25, -0.2) is 49.7 Å². The van der Waals surface area contributed by atoms with Crippen molar-refractivity contribution < 1.29 is 4.79 Å². The third-order valence-electron chi connectivity index (χ3n) is 11.1. The molecule has 2 aliphatic rings. The van der Waals surface area contributed by atoms with Crippen LogP contribution in [0.1, 0.15) is 138 Å². The highest BCUT2D eigenvalue weighted by Crippen LogP contribution is 2.21. The molecule has 9 N–H and O–H groups in total. The summed E-state index contributed by atoms with van der Waals surface area (Å²) in [5.41, 5.74) is 20.7. The SMILES string of the molecule is C.C=C1N=C(N)C=CN1C(C)C.C=C1NC(=O)C=CN1C(C)C.Cc1cn(C(C)C)c(=O)[nH]c1=O.Cc1nc(N)c2ncn(C(C)C)c2n1.Cc1nc(N)c2ncn(C(C)C)c2n1.Cc1nc2c(ncn2C(C)C)c(=O)[nH]1. The van der Waals surface area contributed by atoms with Gasteiger partial charge in [0.2, 0.25) is 0 Å². The van der Waals surface area contributed by atoms with Gasteiger partial charge in [-0.3, -0.25) is 23.9 Å². The summed E-state index contributed by atoms with van der Waals surface area (Å²) in [5.74, 6) is 4.64. The van der Waals surface area contributed by atoms with Gasteiger partial charge < -0.3 is 51.0 Å². The van der Waals surface area contributed by atoms with Crippen molar-refractivity contribution in [1.29, 1.82) is 0 Å². The number of fused-ring (bicyclic) bond motifs is 3. The van der Waals surface area contributed by atoms with E-state index in [0.717, 1.165) is 11.3 Å². The number of carbonyl (C=O) groups is 1. The second-order valence-corrected chi connectivity index (χ2v) is 19.3. The highest BCUT2D eigenvalue weighted by molar-refractivity contribution is 5.92. The van der Waals surface area contributed by atoms with Crippen LogP contribution in [0.15, 0.2) is 93.9 Å². The van der Waals surface area contributed by atoms with Crippen LogP contribution < -0.4 is 39.3 Å². The van der Waals surface area contributed by atoms with E-state index in [2.05, 4.69) is 115 Å². The first kappa shape index (κ1) is 62.5. The lowest BCUT2D eigenvalue weighted by Crippen LogP contribution is -2.38. The number of carbonyl (C=O) groups excluding carboxylic acids is 1. The second-order valence-electron chi connectivity index (χ2n) is 19.3. The first-order chi connectivity index (χ1) is 35.5. The van der Waals surface area contributed by atoms with Gasteiger partial charge in [-0.2, -0.15) is 0 Å². The zero-order valence-corrected chi connectivity index (χ0v) is 46.6. The quantitative estimate of drug-likeness (QED) is 0.103. The summed E-state index contributed by atoms with van der Waals surface area (Å²) in [6.07, 6.45) is 13.6. The van der Waals surface area contributed by atoms with Gasteiger partial charge >= 0.3 is 5.69 Å². The average molecular weight is 1060 g/mol. The maximum Gasteiger partial charge on any atom is 0.328 e. The standard InChI is InChI=1S/2C9H13N5.C9H12N4O.C8H13N3.C8H12N2O2.C8H12N2O.CH4/c2*1-5(2)14-4-11-7-8(10)12-6(3)13-9(7)14;1-5(2)13-4-10-7-8(13)11-6(3)12-9(7)14;1-6(2)11-5-4-8(9)10-7(11)3;1-5(2)10-4-6(3)7(11)9-8(10)12;1-6(2)10-5-4-8(11)9-7(10)3;/h2*4-5H,1-3H3,(H2,10,12,13);4-5H,1-3H3,(H,11,12,14);4-6H,3H2,1-2H3,(H2,9,10);4-5H,1-3H3,(H,9,11,12);4-6H,3H2,1-2H3,(H,9,11);1H4. The molecule has 9 rings (SSSR count). The Balaban J connectivity index is 0.000000243. The number of amides is 1. The van der Waals surface area contributed by atoms with E-state index in [9.17, 15) is 19.2 Å². The molecule has 0 fully saturated rings. The summed E-state index contributed by atoms with van der Waals surface area (Å²) in [7, 11) is 0. The molecule has 0 spiro atoms. The number of nitrogens with zero attached hydrogens (tertiary/aromatic N) is 15. The predicted molar refractivity (Wildman–Crippen MR) is 306 cm³/mol. The van der Waals surface area contributed by atoms with Crippen LogP contribution in [0.2, 0.25) is 0 Å². The Kier molecular flexibility index (Phi) is 22.0. The molecule has 0 aliphatic carbocycles. The van der Waals surface area contributed by atoms with Crippen molar-refractivity contribution in [3.8, 4) is 0 Å². The van der Waals surface area contributed by atoms with Crippen LogP contribution in [0.25, 0.3) is 33.5 Å². The number of H-pyrrole nitrogens is 2. The summed E-state index contributed by atoms with van der Waals surface area (Å²) >= 11 is 0. The first-order valence-corrected chi connectivity index (χ1v) is 24.7. The fourth-order valence-corrected chi connectivity index (χ4v) is 7.17. The number of aryl methyl sites for hydroxylation is 4. The summed E-state index contributed by atoms with van der Waals surface area (Å²) in [4.78, 5) is 90.5. The molecular formula is C52H79N21O4. The molecule has 416 valence electrons. The lowest BCUT2D eigenvalue weighted by Gasteiger charge is -2.29. The molecule has 7 aromatic rings. The van der Waals surface area contributed by atoms with Crippen LogP contribution in [0.3, 0.4) is 0 Å². The van der Waals surface area contributed by atoms with Crippen LogP contribution in [-0.2, 0) is 4.79 Å². The Labute approximate surface area is 448 Å². The van der Waals surface area contributed by atoms with Crippen LogP contribution in [0.4, 0.5) is 11.6 Å². The number of aromatic amines is 2. The van der Waals surface area contributed by atoms with Gasteiger partial charge in [0.15, 0.2) is 34.1 Å². The summed E-state index contributed by atoms with van der Waals surface area (Å²) in [5, 5.41) is 2.62. The van der Waals surface area contributed by atoms with Gasteiger partial charge in [0, 0.05) is 66.5 Å². The van der Waals surface area contributed by atoms with E-state index < -0.39 is 0 Å². The molecule has 0 saturated heterocycles. The number of rotatable bonds is 6. The van der Waals surface area contributed by atoms with Crippen LogP contribution >= 0.6 is 0 Å². The topological polar surface area (TPSA) is 332 Å². The molecule has 77 heavy (non-hydrogen) atoms. The number of aliphatic imine (C=N–C) groups is 1. The first-order valence-electron chi connectivity index (χ1n) is 24.7. The number of amidine groups is 1. The molecule has 25 nitrogen and oxygen atoms in total. The maximum absolute atomic E-state index is 11.5. The van der Waals surface area contributed by atoms with Crippen molar-refractivity contribution in [2.45, 2.75) is 154 Å². The Bertz CT molecular complexity index is 3360. The Morgan fingerprint density at radius 3 is 1.36 bits per heavy atom. The number of nitrogens with two attached hydrogens (primary N) is 3. The van der Waals surface area contributed by atoms with Gasteiger partial charge in [0.25, 0.3) is 17.0 Å². The monoisotopic (exact) mass is 1060 g/mol. The van der Waals surface area contributed by atoms with Crippen molar-refractivity contribution >= 4 is 56.9 Å². The van der Waals surface area contributed by atoms with E-state index in [-0.39, 0.29) is 42.2 Å². The molecule has 0 atom stereocenters. The number of aromatic nitrogens is 14. The molecule has 25 heteroatoms. The van der Waals surface area contributed by atoms with Crippen molar-refractivity contribution in [1.82, 2.24) is 83.2 Å². The summed E-state index contributed by atoms with van der Waals surface area (Å²) in [6.45, 7) is 38.9. The smallest absolute Gasteiger partial charge is 0.328 e. The molecule has 0 saturated carbocycles. The molecule has 2 aliphatic heterocycles. The molecule has 7 aromatic heterocycles. The predicted octanol–water partition coefficient (Wildman–Crippen LogP) is 6.53. The lowest BCUT2D eigenvalue weighted by molar-refractivity contribution is -0.116. The van der Waals surface area contributed by atoms with Crippen LogP contribution in [-0.4, -0.2) is 102 Å². The molecule has 0 bridgehead atoms. The third kappa shape index (κ3) is 16.4. The molecule has 9 heterocycles. The highest BCUT2D eigenvalue weighted by atomic mass is 16.2. The average Bonchev–Trinajstić information content (AvgIpc) is 4.06. The Morgan fingerprint density at radius 1 is 0.519 bits per heavy atom. The van der Waals surface area contributed by atoms with Gasteiger partial charge in [-0.1, -0.05) is 20.6 Å². The van der Waals surface area contributed by atoms with Crippen molar-refractivity contribution in [2.75, 3.05) is 11.5 Å². The van der Waals surface area contributed by atoms with E-state index in [1.54, 1.807) is 51.3 Å². The third-order valence-corrected chi connectivity index (χ3v) is 11.1. The van der Waals surface area contributed by atoms with Gasteiger partial charge in [0.05, 0.1) is 19.0 Å². The minimum absolute atomic E-state index is 0. The highest BCUT2D eigenvalue weighted by Gasteiger charge is 2.16. The van der Waals surface area contributed by atoms with Gasteiger partial charge in [0.1, 0.15) is 46.0 Å². The fourth-order valence-electron chi connectivity index (χ4n) is 7.17. The number of nitrogen functional groups attached to an aromatic ring is 2. The minimum Gasteiger partial charge on any atom is -0.384 e. The molecular weight excluding hydrogens is 983 g/mol.